The second kappa shape index (κ2) is 10.8. The Kier molecular flexibility index (Phi) is 8.41. The molecule has 2 rings (SSSR count). The lowest BCUT2D eigenvalue weighted by molar-refractivity contribution is -0.130. The third kappa shape index (κ3) is 7.41. The van der Waals surface area contributed by atoms with E-state index in [0.29, 0.717) is 23.7 Å². The van der Waals surface area contributed by atoms with Gasteiger partial charge in [0.2, 0.25) is 21.8 Å². The smallest absolute Gasteiger partial charge is 0.247 e. The Hall–Kier alpha value is -3.34. The molecule has 0 saturated heterocycles. The van der Waals surface area contributed by atoms with E-state index < -0.39 is 51.5 Å². The van der Waals surface area contributed by atoms with Crippen LogP contribution >= 0.6 is 0 Å². The molecular weight excluding hydrogens is 447 g/mol. The van der Waals surface area contributed by atoms with Crippen LogP contribution in [0, 0.1) is 17.5 Å². The quantitative estimate of drug-likeness (QED) is 0.435. The first-order valence-corrected chi connectivity index (χ1v) is 11.4. The summed E-state index contributed by atoms with van der Waals surface area (Å²) in [6, 6.07) is 7.82. The summed E-state index contributed by atoms with van der Waals surface area (Å²) in [6.45, 7) is 1.60. The van der Waals surface area contributed by atoms with Crippen LogP contribution in [0.25, 0.3) is 6.08 Å². The Bertz CT molecular complexity index is 1120. The van der Waals surface area contributed by atoms with Gasteiger partial charge in [0.05, 0.1) is 11.9 Å². The molecule has 2 aromatic carbocycles. The normalized spacial score (nSPS) is 11.4. The summed E-state index contributed by atoms with van der Waals surface area (Å²) in [4.78, 5) is 25.9. The van der Waals surface area contributed by atoms with Gasteiger partial charge in [-0.2, -0.15) is 0 Å². The monoisotopic (exact) mass is 469 g/mol. The molecule has 0 atom stereocenters. The molecule has 172 valence electrons. The summed E-state index contributed by atoms with van der Waals surface area (Å²) in [5, 5.41) is 2.13. The van der Waals surface area contributed by atoms with Gasteiger partial charge in [0, 0.05) is 18.3 Å². The number of carbonyl (C=O) groups excluding carboxylic acids is 2. The zero-order valence-corrected chi connectivity index (χ0v) is 18.2. The zero-order valence-electron chi connectivity index (χ0n) is 17.4. The maximum absolute atomic E-state index is 13.7. The second-order valence-electron chi connectivity index (χ2n) is 6.86. The molecule has 7 nitrogen and oxygen atoms in total. The SMILES string of the molecule is CCCN(CC(=O)Nc1ccc(F)c(F)c1F)C(=O)/C=C/c1ccc(NS(C)(=O)=O)cc1. The number of amides is 2. The molecule has 0 spiro atoms. The fourth-order valence-electron chi connectivity index (χ4n) is 2.67. The molecular formula is C21H22F3N3O4S. The highest BCUT2D eigenvalue weighted by atomic mass is 32.2. The standard InChI is InChI=1S/C21H22F3N3O4S/c1-3-12-27(13-18(28)25-17-10-9-16(22)20(23)21(17)24)19(29)11-6-14-4-7-15(8-5-14)26-32(2,30)31/h4-11,26H,3,12-13H2,1-2H3,(H,25,28)/b11-6+. The van der Waals surface area contributed by atoms with E-state index in [1.54, 1.807) is 19.1 Å². The van der Waals surface area contributed by atoms with Gasteiger partial charge in [-0.3, -0.25) is 14.3 Å². The Morgan fingerprint density at radius 1 is 1.03 bits per heavy atom. The predicted molar refractivity (Wildman–Crippen MR) is 116 cm³/mol. The lowest BCUT2D eigenvalue weighted by atomic mass is 10.2. The van der Waals surface area contributed by atoms with Crippen molar-refractivity contribution in [3.05, 3.63) is 65.5 Å². The van der Waals surface area contributed by atoms with E-state index in [9.17, 15) is 31.2 Å². The van der Waals surface area contributed by atoms with Crippen molar-refractivity contribution in [2.75, 3.05) is 29.4 Å². The number of benzene rings is 2. The van der Waals surface area contributed by atoms with Gasteiger partial charge in [-0.15, -0.1) is 0 Å². The molecule has 0 fully saturated rings. The lowest BCUT2D eigenvalue weighted by Gasteiger charge is -2.20. The number of rotatable bonds is 9. The van der Waals surface area contributed by atoms with Crippen LogP contribution in [0.3, 0.4) is 0 Å². The van der Waals surface area contributed by atoms with E-state index in [1.165, 1.54) is 29.2 Å². The molecule has 11 heteroatoms. The highest BCUT2D eigenvalue weighted by Crippen LogP contribution is 2.19. The van der Waals surface area contributed by atoms with Crippen molar-refractivity contribution in [3.63, 3.8) is 0 Å². The van der Waals surface area contributed by atoms with Crippen molar-refractivity contribution in [2.24, 2.45) is 0 Å². The minimum atomic E-state index is -3.40. The molecule has 0 saturated carbocycles. The van der Waals surface area contributed by atoms with Gasteiger partial charge in [-0.05, 0) is 42.3 Å². The molecule has 0 bridgehead atoms. The van der Waals surface area contributed by atoms with Crippen LogP contribution < -0.4 is 10.0 Å². The van der Waals surface area contributed by atoms with Gasteiger partial charge in [0.25, 0.3) is 0 Å². The number of carbonyl (C=O) groups is 2. The van der Waals surface area contributed by atoms with Gasteiger partial charge in [-0.1, -0.05) is 19.1 Å². The van der Waals surface area contributed by atoms with Gasteiger partial charge in [0.1, 0.15) is 6.54 Å². The molecule has 0 aromatic heterocycles. The molecule has 0 aliphatic heterocycles. The summed E-state index contributed by atoms with van der Waals surface area (Å²) in [7, 11) is -3.40. The summed E-state index contributed by atoms with van der Waals surface area (Å²) >= 11 is 0. The van der Waals surface area contributed by atoms with Crippen molar-refractivity contribution in [1.82, 2.24) is 4.90 Å². The molecule has 0 aliphatic rings. The largest absolute Gasteiger partial charge is 0.330 e. The van der Waals surface area contributed by atoms with E-state index in [4.69, 9.17) is 0 Å². The first kappa shape index (κ1) is 24.9. The van der Waals surface area contributed by atoms with Gasteiger partial charge < -0.3 is 10.2 Å². The fraction of sp³-hybridized carbons (Fsp3) is 0.238. The number of anilines is 2. The average molecular weight is 469 g/mol. The maximum atomic E-state index is 13.7. The van der Waals surface area contributed by atoms with Crippen LogP contribution in [0.5, 0.6) is 0 Å². The maximum Gasteiger partial charge on any atom is 0.247 e. The van der Waals surface area contributed by atoms with Crippen molar-refractivity contribution in [1.29, 1.82) is 0 Å². The van der Waals surface area contributed by atoms with E-state index in [2.05, 4.69) is 10.0 Å². The third-order valence-corrected chi connectivity index (χ3v) is 4.69. The molecule has 0 radical (unpaired) electrons. The van der Waals surface area contributed by atoms with E-state index in [-0.39, 0.29) is 6.54 Å². The Labute approximate surface area is 184 Å². The van der Waals surface area contributed by atoms with E-state index >= 15 is 0 Å². The highest BCUT2D eigenvalue weighted by Gasteiger charge is 2.18. The van der Waals surface area contributed by atoms with Gasteiger partial charge in [-0.25, -0.2) is 21.6 Å². The topological polar surface area (TPSA) is 95.6 Å². The van der Waals surface area contributed by atoms with Gasteiger partial charge in [0.15, 0.2) is 17.5 Å². The van der Waals surface area contributed by atoms with Crippen molar-refractivity contribution in [3.8, 4) is 0 Å². The summed E-state index contributed by atoms with van der Waals surface area (Å²) in [6.07, 6.45) is 4.29. The van der Waals surface area contributed by atoms with Crippen LogP contribution in [-0.4, -0.2) is 44.5 Å². The van der Waals surface area contributed by atoms with Crippen LogP contribution in [0.4, 0.5) is 24.5 Å². The molecule has 0 aliphatic carbocycles. The van der Waals surface area contributed by atoms with Crippen LogP contribution in [-0.2, 0) is 19.6 Å². The molecule has 2 N–H and O–H groups in total. The lowest BCUT2D eigenvalue weighted by Crippen LogP contribution is -2.37. The summed E-state index contributed by atoms with van der Waals surface area (Å²) < 4.78 is 64.8. The van der Waals surface area contributed by atoms with Crippen molar-refractivity contribution < 1.29 is 31.2 Å². The number of sulfonamides is 1. The fourth-order valence-corrected chi connectivity index (χ4v) is 3.24. The summed E-state index contributed by atoms with van der Waals surface area (Å²) in [5.41, 5.74) is 0.447. The van der Waals surface area contributed by atoms with Crippen LogP contribution in [0.1, 0.15) is 18.9 Å². The first-order valence-electron chi connectivity index (χ1n) is 9.48. The zero-order chi connectivity index (χ0) is 23.9. The Morgan fingerprint density at radius 2 is 1.69 bits per heavy atom. The molecule has 2 aromatic rings. The number of hydrogen-bond donors (Lipinski definition) is 2. The second-order valence-corrected chi connectivity index (χ2v) is 8.61. The first-order chi connectivity index (χ1) is 15.0. The average Bonchev–Trinajstić information content (AvgIpc) is 2.72. The summed E-state index contributed by atoms with van der Waals surface area (Å²) in [5.74, 6) is -5.88. The highest BCUT2D eigenvalue weighted by molar-refractivity contribution is 7.92. The van der Waals surface area contributed by atoms with Gasteiger partial charge >= 0.3 is 0 Å². The molecule has 0 heterocycles. The number of halogens is 3. The minimum absolute atomic E-state index is 0.230. The number of hydrogen-bond acceptors (Lipinski definition) is 4. The van der Waals surface area contributed by atoms with E-state index in [1.807, 2.05) is 0 Å². The van der Waals surface area contributed by atoms with Crippen LogP contribution in [0.2, 0.25) is 0 Å². The third-order valence-electron chi connectivity index (χ3n) is 4.08. The van der Waals surface area contributed by atoms with E-state index in [0.717, 1.165) is 12.3 Å². The minimum Gasteiger partial charge on any atom is -0.330 e. The van der Waals surface area contributed by atoms with Crippen molar-refractivity contribution in [2.45, 2.75) is 13.3 Å². The van der Waals surface area contributed by atoms with Crippen molar-refractivity contribution >= 4 is 39.3 Å². The molecule has 0 unspecified atom stereocenters. The Morgan fingerprint density at radius 3 is 2.28 bits per heavy atom. The Balaban J connectivity index is 2.04. The number of nitrogens with zero attached hydrogens (tertiary/aromatic N) is 1. The molecule has 32 heavy (non-hydrogen) atoms. The molecule has 2 amide bonds. The predicted octanol–water partition coefficient (Wildman–Crippen LogP) is 3.37. The number of nitrogens with one attached hydrogen (secondary N) is 2. The van der Waals surface area contributed by atoms with Crippen LogP contribution in [0.15, 0.2) is 42.5 Å².